The number of amides is 1. The fourth-order valence-electron chi connectivity index (χ4n) is 4.22. The van der Waals surface area contributed by atoms with E-state index < -0.39 is 44.1 Å². The number of carbonyl (C=O) groups excluding carboxylic acids is 1. The Morgan fingerprint density at radius 2 is 1.76 bits per heavy atom. The van der Waals surface area contributed by atoms with Crippen LogP contribution in [0.15, 0.2) is 47.4 Å². The van der Waals surface area contributed by atoms with Crippen LogP contribution in [0.5, 0.6) is 0 Å². The molecule has 41 heavy (non-hydrogen) atoms. The summed E-state index contributed by atoms with van der Waals surface area (Å²) in [5, 5.41) is 14.1. The molecule has 1 aliphatic heterocycles. The Morgan fingerprint density at radius 3 is 2.32 bits per heavy atom. The second kappa shape index (κ2) is 12.7. The molecule has 228 valence electrons. The molecule has 1 amide bonds. The topological polar surface area (TPSA) is 112 Å². The molecule has 0 spiro atoms. The lowest BCUT2D eigenvalue weighted by Crippen LogP contribution is -2.51. The molecule has 0 bridgehead atoms. The summed E-state index contributed by atoms with van der Waals surface area (Å²) < 4.78 is 20.7. The van der Waals surface area contributed by atoms with Crippen LogP contribution in [0.1, 0.15) is 65.1 Å². The average Bonchev–Trinajstić information content (AvgIpc) is 3.17. The Balaban J connectivity index is 1.86. The van der Waals surface area contributed by atoms with E-state index in [9.17, 15) is 14.7 Å². The van der Waals surface area contributed by atoms with Crippen molar-refractivity contribution in [3.05, 3.63) is 58.6 Å². The van der Waals surface area contributed by atoms with Gasteiger partial charge in [-0.05, 0) is 56.4 Å². The molecule has 3 rings (SSSR count). The predicted molar refractivity (Wildman–Crippen MR) is 167 cm³/mol. The number of aliphatic hydroxyl groups excluding tert-OH is 1. The molecule has 0 radical (unpaired) electrons. The van der Waals surface area contributed by atoms with Crippen molar-refractivity contribution in [3.63, 3.8) is 0 Å². The number of rotatable bonds is 11. The van der Waals surface area contributed by atoms with Gasteiger partial charge in [-0.3, -0.25) is 9.36 Å². The number of nitrogens with one attached hydrogen (secondary N) is 1. The van der Waals surface area contributed by atoms with E-state index in [-0.39, 0.29) is 28.8 Å². The number of aromatic nitrogens is 2. The van der Waals surface area contributed by atoms with Crippen LogP contribution in [0.2, 0.25) is 18.1 Å². The van der Waals surface area contributed by atoms with Gasteiger partial charge in [0.05, 0.1) is 12.2 Å². The number of benzene rings is 1. The summed E-state index contributed by atoms with van der Waals surface area (Å²) in [6.07, 6.45) is 0.0695. The van der Waals surface area contributed by atoms with Gasteiger partial charge in [-0.15, -0.1) is 0 Å². The highest BCUT2D eigenvalue weighted by molar-refractivity contribution is 7.98. The second-order valence-electron chi connectivity index (χ2n) is 13.4. The molecule has 4 atom stereocenters. The highest BCUT2D eigenvalue weighted by Gasteiger charge is 2.51. The highest BCUT2D eigenvalue weighted by atomic mass is 32.2. The van der Waals surface area contributed by atoms with Gasteiger partial charge in [0.15, 0.2) is 14.5 Å². The lowest BCUT2D eigenvalue weighted by molar-refractivity contribution is -0.138. The number of ether oxygens (including phenoxy) is 2. The van der Waals surface area contributed by atoms with Crippen molar-refractivity contribution in [2.24, 2.45) is 5.41 Å². The van der Waals surface area contributed by atoms with Crippen LogP contribution >= 0.6 is 11.8 Å². The minimum Gasteiger partial charge on any atom is -0.408 e. The minimum absolute atomic E-state index is 0.104. The van der Waals surface area contributed by atoms with Crippen LogP contribution in [-0.2, 0) is 13.9 Å². The third-order valence-corrected chi connectivity index (χ3v) is 14.2. The van der Waals surface area contributed by atoms with E-state index in [1.54, 1.807) is 36.0 Å². The molecule has 1 aromatic carbocycles. The van der Waals surface area contributed by atoms with Crippen molar-refractivity contribution in [2.45, 2.75) is 96.7 Å². The molecule has 9 nitrogen and oxygen atoms in total. The second-order valence-corrected chi connectivity index (χ2v) is 19.0. The lowest BCUT2D eigenvalue weighted by Gasteiger charge is -2.43. The van der Waals surface area contributed by atoms with E-state index in [2.05, 4.69) is 78.1 Å². The van der Waals surface area contributed by atoms with Gasteiger partial charge in [0.1, 0.15) is 24.1 Å². The Kier molecular flexibility index (Phi) is 10.4. The maximum Gasteiger partial charge on any atom is 0.351 e. The lowest BCUT2D eigenvalue weighted by atomic mass is 9.79. The molecule has 2 heterocycles. The summed E-state index contributed by atoms with van der Waals surface area (Å²) in [7, 11) is -2.33. The number of hydrogen-bond acceptors (Lipinski definition) is 8. The first-order valence-corrected chi connectivity index (χ1v) is 18.3. The molecule has 0 saturated carbocycles. The van der Waals surface area contributed by atoms with E-state index in [1.807, 2.05) is 6.07 Å². The van der Waals surface area contributed by atoms with Crippen LogP contribution in [0.4, 0.5) is 5.82 Å². The van der Waals surface area contributed by atoms with E-state index in [4.69, 9.17) is 13.9 Å². The Labute approximate surface area is 249 Å². The summed E-state index contributed by atoms with van der Waals surface area (Å²) in [5.41, 5.74) is -0.820. The zero-order chi connectivity index (χ0) is 30.8. The summed E-state index contributed by atoms with van der Waals surface area (Å²) in [4.78, 5) is 29.7. The first-order chi connectivity index (χ1) is 18.9. The minimum atomic E-state index is -2.33. The van der Waals surface area contributed by atoms with Gasteiger partial charge in [-0.2, -0.15) is 16.7 Å². The van der Waals surface area contributed by atoms with Crippen molar-refractivity contribution in [1.29, 1.82) is 0 Å². The standard InChI is InChI=1S/C30H47N3O6SSi/c1-28(2,3)41(9,10)39-24-21(18-37-30(6,7)29(4,5)19-40-8)38-26(23(24)34)33-17-16-22(32-27(33)36)31-25(35)20-14-12-11-13-15-20/h11-17,21,23-24,26,34H,18-19H2,1-10H3,(H,31,32,35,36)/t21-,23?,24?,26-/m1/s1. The Hall–Kier alpha value is -2.02. The molecule has 0 aliphatic carbocycles. The van der Waals surface area contributed by atoms with Crippen LogP contribution < -0.4 is 11.0 Å². The van der Waals surface area contributed by atoms with E-state index in [1.165, 1.54) is 16.8 Å². The maximum atomic E-state index is 13.1. The fourth-order valence-corrected chi connectivity index (χ4v) is 6.61. The van der Waals surface area contributed by atoms with E-state index in [0.717, 1.165) is 5.75 Å². The quantitative estimate of drug-likeness (QED) is 0.331. The molecule has 1 fully saturated rings. The van der Waals surface area contributed by atoms with Gasteiger partial charge in [0, 0.05) is 22.9 Å². The zero-order valence-corrected chi connectivity index (χ0v) is 27.9. The number of carbonyl (C=O) groups is 1. The summed E-state index contributed by atoms with van der Waals surface area (Å²) in [6.45, 7) is 19.3. The van der Waals surface area contributed by atoms with Crippen molar-refractivity contribution in [3.8, 4) is 0 Å². The van der Waals surface area contributed by atoms with Gasteiger partial charge in [-0.1, -0.05) is 52.8 Å². The molecule has 2 aromatic rings. The summed E-state index contributed by atoms with van der Waals surface area (Å²) in [5.74, 6) is 0.647. The zero-order valence-electron chi connectivity index (χ0n) is 26.1. The molecule has 2 unspecified atom stereocenters. The monoisotopic (exact) mass is 605 g/mol. The Bertz CT molecular complexity index is 1240. The van der Waals surface area contributed by atoms with Crippen LogP contribution in [-0.4, -0.2) is 71.4 Å². The summed E-state index contributed by atoms with van der Waals surface area (Å²) >= 11 is 1.77. The van der Waals surface area contributed by atoms with E-state index >= 15 is 0 Å². The predicted octanol–water partition coefficient (Wildman–Crippen LogP) is 5.33. The largest absolute Gasteiger partial charge is 0.408 e. The maximum absolute atomic E-state index is 13.1. The SMILES string of the molecule is CSCC(C)(C)C(C)(C)OC[C@H]1O[C@@H](n2ccc(NC(=O)c3ccccc3)nc2=O)C(O)C1O[Si](C)(C)C(C)(C)C. The molecule has 1 aromatic heterocycles. The molecule has 11 heteroatoms. The van der Waals surface area contributed by atoms with Crippen molar-refractivity contribution in [1.82, 2.24) is 9.55 Å². The Morgan fingerprint density at radius 1 is 1.12 bits per heavy atom. The molecule has 1 saturated heterocycles. The highest BCUT2D eigenvalue weighted by Crippen LogP contribution is 2.42. The molecule has 1 aliphatic rings. The van der Waals surface area contributed by atoms with Gasteiger partial charge >= 0.3 is 5.69 Å². The average molecular weight is 606 g/mol. The summed E-state index contributed by atoms with van der Waals surface area (Å²) in [6, 6.07) is 10.2. The van der Waals surface area contributed by atoms with Gasteiger partial charge in [0.2, 0.25) is 0 Å². The van der Waals surface area contributed by atoms with Crippen molar-refractivity contribution < 1.29 is 23.8 Å². The van der Waals surface area contributed by atoms with Crippen molar-refractivity contribution in [2.75, 3.05) is 23.9 Å². The number of aliphatic hydroxyl groups is 1. The third-order valence-electron chi connectivity index (χ3n) is 8.67. The fraction of sp³-hybridized carbons (Fsp3) is 0.633. The van der Waals surface area contributed by atoms with Crippen LogP contribution in [0.25, 0.3) is 0 Å². The molecule has 2 N–H and O–H groups in total. The third kappa shape index (κ3) is 7.68. The van der Waals surface area contributed by atoms with Gasteiger partial charge in [0.25, 0.3) is 5.91 Å². The molecular weight excluding hydrogens is 558 g/mol. The van der Waals surface area contributed by atoms with Crippen LogP contribution in [0, 0.1) is 5.41 Å². The van der Waals surface area contributed by atoms with E-state index in [0.29, 0.717) is 5.56 Å². The first-order valence-electron chi connectivity index (χ1n) is 14.0. The van der Waals surface area contributed by atoms with Gasteiger partial charge in [-0.25, -0.2) is 4.79 Å². The number of anilines is 1. The van der Waals surface area contributed by atoms with Crippen LogP contribution in [0.3, 0.4) is 0 Å². The number of nitrogens with zero attached hydrogens (tertiary/aromatic N) is 2. The normalized spacial score (nSPS) is 22.1. The first kappa shape index (κ1) is 33.5. The smallest absolute Gasteiger partial charge is 0.351 e. The number of thioether (sulfide) groups is 1. The van der Waals surface area contributed by atoms with Gasteiger partial charge < -0.3 is 24.3 Å². The molecular formula is C30H47N3O6SSi. The number of hydrogen-bond donors (Lipinski definition) is 2. The van der Waals surface area contributed by atoms with Crippen molar-refractivity contribution >= 4 is 31.8 Å².